The predicted molar refractivity (Wildman–Crippen MR) is 476 cm³/mol. The molecule has 10 aromatic carbocycles. The smallest absolute Gasteiger partial charge is 0.356 e. The van der Waals surface area contributed by atoms with E-state index in [-0.39, 0.29) is 81.0 Å². The first-order valence-electron chi connectivity index (χ1n) is 37.5. The second-order valence-corrected chi connectivity index (χ2v) is 44.5. The fourth-order valence-electron chi connectivity index (χ4n) is 15.1. The summed E-state index contributed by atoms with van der Waals surface area (Å²) in [5.74, 6) is 0. The van der Waals surface area contributed by atoms with Crippen LogP contribution in [0.3, 0.4) is 0 Å². The van der Waals surface area contributed by atoms with Gasteiger partial charge in [-0.2, -0.15) is 5.26 Å². The monoisotopic (exact) mass is 1760 g/mol. The van der Waals surface area contributed by atoms with Crippen molar-refractivity contribution in [3.8, 4) is 6.07 Å². The van der Waals surface area contributed by atoms with Gasteiger partial charge in [-0.1, -0.05) is 206 Å². The van der Waals surface area contributed by atoms with Crippen molar-refractivity contribution >= 4 is 118 Å². The van der Waals surface area contributed by atoms with E-state index in [0.717, 1.165) is 0 Å². The van der Waals surface area contributed by atoms with Gasteiger partial charge in [-0.25, -0.2) is 18.7 Å². The minimum absolute atomic E-state index is 0. The van der Waals surface area contributed by atoms with E-state index in [1.807, 2.05) is 279 Å². The third-order valence-electron chi connectivity index (χ3n) is 18.4. The molecule has 10 aromatic rings. The van der Waals surface area contributed by atoms with E-state index in [4.69, 9.17) is 51.2 Å². The number of hydrogen-bond donors (Lipinski definition) is 0. The third-order valence-corrected chi connectivity index (χ3v) is 39.9. The first-order chi connectivity index (χ1) is 54.2. The molecule has 0 aliphatic rings. The van der Waals surface area contributed by atoms with Crippen LogP contribution >= 0.6 is 43.5 Å². The molecule has 2 unspecified atom stereocenters. The van der Waals surface area contributed by atoms with Crippen molar-refractivity contribution in [3.63, 3.8) is 0 Å². The van der Waals surface area contributed by atoms with Crippen molar-refractivity contribution in [2.45, 2.75) is 166 Å². The fraction of sp³-hybridized carbons (Fsp3) is 0.291. The molecule has 0 saturated carbocycles. The minimum Gasteiger partial charge on any atom is -0.356 e. The maximum absolute atomic E-state index is 16.9. The van der Waals surface area contributed by atoms with Crippen LogP contribution in [0.15, 0.2) is 279 Å². The quantitative estimate of drug-likeness (QED) is 0.0276. The van der Waals surface area contributed by atoms with Crippen LogP contribution in [0.1, 0.15) is 118 Å². The molecule has 0 spiro atoms. The van der Waals surface area contributed by atoms with Crippen LogP contribution in [0.5, 0.6) is 0 Å². The van der Waals surface area contributed by atoms with Crippen LogP contribution in [0.4, 0.5) is 0 Å². The van der Waals surface area contributed by atoms with Gasteiger partial charge >= 0.3 is 32.7 Å². The van der Waals surface area contributed by atoms with Crippen molar-refractivity contribution in [2.24, 2.45) is 0 Å². The summed E-state index contributed by atoms with van der Waals surface area (Å²) in [6.45, 7) is 34.4. The molecule has 0 saturated heterocycles. The maximum atomic E-state index is 16.9. The summed E-state index contributed by atoms with van der Waals surface area (Å²) in [5.41, 5.74) is 0. The Morgan fingerprint density at radius 3 is 0.466 bits per heavy atom. The molecule has 0 radical (unpaired) electrons. The van der Waals surface area contributed by atoms with Crippen molar-refractivity contribution in [2.75, 3.05) is 0 Å². The molecule has 612 valence electrons. The van der Waals surface area contributed by atoms with Gasteiger partial charge in [0.1, 0.15) is 0 Å². The molecule has 0 amide bonds. The zero-order valence-electron chi connectivity index (χ0n) is 68.6. The Hall–Kier alpha value is -8.39. The molecule has 0 aliphatic heterocycles. The Morgan fingerprint density at radius 1 is 0.241 bits per heavy atom. The van der Waals surface area contributed by atoms with E-state index in [9.17, 15) is 0 Å². The standard InChI is InChI=1S/2C42H51N2O3P3.C2H3N.3NO3.Y/c2*1-32(2)43(33(3)4)49(46,37-24-14-10-15-25-37)41-30-20-18-28-39(41)48(45,36-22-12-9-13-23-36)40-29-19-21-31-42(40)50(47,38-26-16-11-17-27-38)44(34(5)6)35(7)8;1-2-3;3*2-1(3)4;/h2*9-35H,1-8H3;1H3;;;;/q;;;3*-1;+3/t2*48?,49-,50+;;;;;. The fourth-order valence-corrected chi connectivity index (χ4v) is 37.4. The summed E-state index contributed by atoms with van der Waals surface area (Å²) in [4.78, 5) is 24.8. The number of nitriles is 1. The summed E-state index contributed by atoms with van der Waals surface area (Å²) in [6, 6.07) is 88.6. The van der Waals surface area contributed by atoms with Gasteiger partial charge in [0.25, 0.3) is 0 Å². The summed E-state index contributed by atoms with van der Waals surface area (Å²) in [5, 5.41) is 59.6. The molecular weight excluding hydrogens is 1660 g/mol. The largest absolute Gasteiger partial charge is 3.00 e. The number of benzene rings is 10. The van der Waals surface area contributed by atoms with E-state index in [0.29, 0.717) is 74.3 Å². The van der Waals surface area contributed by atoms with Gasteiger partial charge in [-0.05, 0) is 184 Å². The molecule has 0 bridgehead atoms. The normalized spacial score (nSPS) is 14.3. The predicted octanol–water partition coefficient (Wildman–Crippen LogP) is 15.9. The summed E-state index contributed by atoms with van der Waals surface area (Å²) >= 11 is 0. The number of hydrogen-bond acceptors (Lipinski definition) is 16. The van der Waals surface area contributed by atoms with E-state index in [1.54, 1.807) is 6.07 Å². The van der Waals surface area contributed by atoms with Crippen molar-refractivity contribution in [1.82, 2.24) is 18.7 Å². The minimum atomic E-state index is -3.88. The molecule has 116 heavy (non-hydrogen) atoms. The van der Waals surface area contributed by atoms with Crippen LogP contribution in [0.2, 0.25) is 0 Å². The molecule has 0 heterocycles. The van der Waals surface area contributed by atoms with E-state index >= 15 is 27.4 Å². The Kier molecular flexibility index (Phi) is 39.2. The second kappa shape index (κ2) is 45.5. The Balaban J connectivity index is 0.000000413. The molecule has 10 rings (SSSR count). The van der Waals surface area contributed by atoms with Crippen molar-refractivity contribution in [3.05, 3.63) is 325 Å². The Labute approximate surface area is 708 Å². The van der Waals surface area contributed by atoms with Gasteiger partial charge in [-0.3, -0.25) is 18.3 Å². The van der Waals surface area contributed by atoms with Crippen LogP contribution in [0, 0.1) is 57.3 Å². The first-order valence-corrected chi connectivity index (χ1v) is 47.5. The van der Waals surface area contributed by atoms with Crippen LogP contribution < -0.4 is 74.3 Å². The maximum Gasteiger partial charge on any atom is 3.00 e. The van der Waals surface area contributed by atoms with Crippen molar-refractivity contribution in [1.29, 1.82) is 5.26 Å². The van der Waals surface area contributed by atoms with Gasteiger partial charge in [0.15, 0.2) is 14.3 Å². The molecule has 23 nitrogen and oxygen atoms in total. The first kappa shape index (κ1) is 100.0. The number of nitrogens with zero attached hydrogens (tertiary/aromatic N) is 8. The number of rotatable bonds is 26. The Morgan fingerprint density at radius 2 is 0.345 bits per heavy atom. The summed E-state index contributed by atoms with van der Waals surface area (Å²) < 4.78 is 107. The molecule has 0 aromatic heterocycles. The second-order valence-electron chi connectivity index (χ2n) is 28.7. The average Bonchev–Trinajstić information content (AvgIpc) is 0.715. The SMILES string of the molecule is CC#N.CC(C)N(C(C)C)[P@@](=O)(c1ccccc1)c1ccccc1P(=O)(c1ccccc1)c1ccccc1[P@@](=O)(c1ccccc1)N(C(C)C)C(C)C.CC(C)N(C(C)C)[P@@](=O)(c1ccccc1)c1ccccc1P(=O)(c1ccccc1)c1ccccc1[P@@](=O)(c1ccccc1)N(C(C)C)C(C)C.O=[N+]([O-])[O-].O=[N+]([O-])[O-].O=[N+]([O-])[O-].[Y+3]. The van der Waals surface area contributed by atoms with Gasteiger partial charge in [0.05, 0.1) is 21.3 Å². The molecule has 30 heteroatoms. The molecular formula is C86H105N8O15P6Y. The summed E-state index contributed by atoms with van der Waals surface area (Å²) in [6.07, 6.45) is 0. The van der Waals surface area contributed by atoms with Gasteiger partial charge in [-0.15, -0.1) is 0 Å². The van der Waals surface area contributed by atoms with E-state index in [1.165, 1.54) is 6.92 Å². The average molecular weight is 1770 g/mol. The summed E-state index contributed by atoms with van der Waals surface area (Å²) in [7, 11) is -22.2. The molecule has 0 N–H and O–H groups in total. The Bertz CT molecular complexity index is 4530. The third kappa shape index (κ3) is 23.1. The van der Waals surface area contributed by atoms with Gasteiger partial charge in [0, 0.05) is 130 Å². The zero-order valence-corrected chi connectivity index (χ0v) is 76.8. The van der Waals surface area contributed by atoms with E-state index in [2.05, 4.69) is 129 Å². The molecule has 6 atom stereocenters. The van der Waals surface area contributed by atoms with Crippen LogP contribution in [-0.2, 0) is 60.1 Å². The molecule has 0 aliphatic carbocycles. The van der Waals surface area contributed by atoms with Gasteiger partial charge < -0.3 is 55.1 Å². The van der Waals surface area contributed by atoms with Crippen molar-refractivity contribution < 1.29 is 75.4 Å². The zero-order chi connectivity index (χ0) is 86.0. The van der Waals surface area contributed by atoms with Crippen LogP contribution in [0.25, 0.3) is 0 Å². The van der Waals surface area contributed by atoms with Crippen LogP contribution in [-0.4, -0.2) is 82.3 Å². The van der Waals surface area contributed by atoms with E-state index < -0.39 is 58.7 Å². The molecule has 0 fully saturated rings. The topological polar surface area (TPSA) is 338 Å². The van der Waals surface area contributed by atoms with Gasteiger partial charge in [0.2, 0.25) is 29.2 Å².